The van der Waals surface area contributed by atoms with Crippen LogP contribution < -0.4 is 0 Å². The lowest BCUT2D eigenvalue weighted by molar-refractivity contribution is 1.01. The highest BCUT2D eigenvalue weighted by atomic mass is 14.2. The zero-order valence-electron chi connectivity index (χ0n) is 4.21. The first-order valence-corrected chi connectivity index (χ1v) is 2.31. The maximum absolute atomic E-state index is 2.85. The predicted molar refractivity (Wildman–Crippen MR) is 26.5 cm³/mol. The van der Waals surface area contributed by atoms with E-state index in [2.05, 4.69) is 32.6 Å². The third-order valence-corrected chi connectivity index (χ3v) is 0.843. The highest BCUT2D eigenvalue weighted by Crippen LogP contribution is 2.24. The molecule has 33 valence electrons. The van der Waals surface area contributed by atoms with Gasteiger partial charge in [-0.2, -0.15) is 0 Å². The molecule has 0 saturated heterocycles. The van der Waals surface area contributed by atoms with E-state index in [9.17, 15) is 0 Å². The Labute approximate surface area is 45.9 Å². The van der Waals surface area contributed by atoms with E-state index in [0.29, 0.717) is 0 Å². The zero-order chi connectivity index (χ0) is 5.11. The molecule has 0 N–H and O–H groups in total. The zero-order valence-corrected chi connectivity index (χ0v) is 4.21. The largest absolute Gasteiger partial charge is 0.0648 e. The van der Waals surface area contributed by atoms with Gasteiger partial charge in [-0.15, -0.1) is 0 Å². The second kappa shape index (κ2) is 2.34. The Bertz CT molecular complexity index is 42.0. The summed E-state index contributed by atoms with van der Waals surface area (Å²) >= 11 is 0. The molecule has 0 aromatic heterocycles. The van der Waals surface area contributed by atoms with Crippen molar-refractivity contribution in [3.63, 3.8) is 0 Å². The first kappa shape index (κ1) is 5.14. The maximum Gasteiger partial charge on any atom is -0.0000246 e. The van der Waals surface area contributed by atoms with Gasteiger partial charge < -0.3 is 0 Å². The van der Waals surface area contributed by atoms with Gasteiger partial charge in [0.2, 0.25) is 0 Å². The van der Waals surface area contributed by atoms with E-state index in [1.807, 2.05) is 0 Å². The standard InChI is InChI=1S/C7H5/c1-2-7-5-3-4-6-7/h2H2,1H3. The summed E-state index contributed by atoms with van der Waals surface area (Å²) in [5.41, 5.74) is 0. The molecule has 0 heteroatoms. The molecule has 1 saturated carbocycles. The van der Waals surface area contributed by atoms with Gasteiger partial charge in [-0.1, -0.05) is 6.92 Å². The summed E-state index contributed by atoms with van der Waals surface area (Å²) in [6.45, 7) is 2.06. The Morgan fingerprint density at radius 3 is 2.14 bits per heavy atom. The minimum absolute atomic E-state index is 0.986. The van der Waals surface area contributed by atoms with Crippen LogP contribution in [0.5, 0.6) is 0 Å². The molecule has 7 heavy (non-hydrogen) atoms. The molecule has 1 aliphatic rings. The van der Waals surface area contributed by atoms with Gasteiger partial charge in [-0.25, -0.2) is 0 Å². The molecule has 0 atom stereocenters. The summed E-state index contributed by atoms with van der Waals surface area (Å²) in [7, 11) is 0. The van der Waals surface area contributed by atoms with Gasteiger partial charge in [0.1, 0.15) is 0 Å². The molecule has 0 aromatic rings. The molecular formula is C7H5. The minimum atomic E-state index is 0.986. The predicted octanol–water partition coefficient (Wildman–Crippen LogP) is 1.31. The monoisotopic (exact) mass is 89.0 g/mol. The molecule has 1 rings (SSSR count). The molecular weight excluding hydrogens is 84.1 g/mol. The molecule has 0 bridgehead atoms. The van der Waals surface area contributed by atoms with Crippen molar-refractivity contribution in [2.45, 2.75) is 13.3 Å². The van der Waals surface area contributed by atoms with E-state index in [-0.39, 0.29) is 0 Å². The Morgan fingerprint density at radius 2 is 1.86 bits per heavy atom. The van der Waals surface area contributed by atoms with Crippen LogP contribution in [0.25, 0.3) is 0 Å². The Balaban J connectivity index is 2.14. The van der Waals surface area contributed by atoms with E-state index in [1.165, 1.54) is 0 Å². The molecule has 1 aliphatic carbocycles. The van der Waals surface area contributed by atoms with Crippen molar-refractivity contribution < 1.29 is 0 Å². The van der Waals surface area contributed by atoms with Crippen molar-refractivity contribution in [1.29, 1.82) is 0 Å². The quantitative estimate of drug-likeness (QED) is 0.454. The molecule has 9 radical (unpaired) electrons. The molecule has 0 heterocycles. The van der Waals surface area contributed by atoms with Crippen LogP contribution in [-0.4, -0.2) is 0 Å². The third kappa shape index (κ3) is 1.19. The van der Waals surface area contributed by atoms with E-state index in [0.717, 1.165) is 12.3 Å². The molecule has 0 spiro atoms. The normalized spacial score (nSPS) is 23.6. The highest BCUT2D eigenvalue weighted by Gasteiger charge is 2.15. The fraction of sp³-hybridized carbons (Fsp3) is 0.286. The first-order chi connectivity index (χ1) is 3.43. The van der Waals surface area contributed by atoms with Crippen LogP contribution in [0, 0.1) is 31.6 Å². The number of rotatable bonds is 1. The average molecular weight is 89.1 g/mol. The second-order valence-electron chi connectivity index (χ2n) is 1.33. The van der Waals surface area contributed by atoms with Crippen LogP contribution >= 0.6 is 0 Å². The topological polar surface area (TPSA) is 0 Å². The van der Waals surface area contributed by atoms with Crippen LogP contribution in [-0.2, 0) is 0 Å². The van der Waals surface area contributed by atoms with Crippen molar-refractivity contribution in [2.75, 3.05) is 0 Å². The minimum Gasteiger partial charge on any atom is -0.0648 e. The van der Waals surface area contributed by atoms with Gasteiger partial charge in [-0.3, -0.25) is 0 Å². The lowest BCUT2D eigenvalue weighted by Crippen LogP contribution is -1.85. The highest BCUT2D eigenvalue weighted by molar-refractivity contribution is 5.34. The number of hydrogen-bond acceptors (Lipinski definition) is 0. The SMILES string of the molecule is CC[C]1[C][C][C][C]1. The smallest absolute Gasteiger partial charge is 0.0000246 e. The summed E-state index contributed by atoms with van der Waals surface area (Å²) in [5, 5.41) is 0. The number of hydrogen-bond donors (Lipinski definition) is 0. The summed E-state index contributed by atoms with van der Waals surface area (Å²) in [4.78, 5) is 0. The Kier molecular flexibility index (Phi) is 1.72. The van der Waals surface area contributed by atoms with Gasteiger partial charge >= 0.3 is 0 Å². The van der Waals surface area contributed by atoms with Gasteiger partial charge in [0, 0.05) is 0 Å². The van der Waals surface area contributed by atoms with Gasteiger partial charge in [0.25, 0.3) is 0 Å². The molecule has 0 aromatic carbocycles. The summed E-state index contributed by atoms with van der Waals surface area (Å²) < 4.78 is 0. The summed E-state index contributed by atoms with van der Waals surface area (Å²) in [6.07, 6.45) is 12.0. The first-order valence-electron chi connectivity index (χ1n) is 2.31. The molecule has 0 amide bonds. The van der Waals surface area contributed by atoms with E-state index in [4.69, 9.17) is 0 Å². The van der Waals surface area contributed by atoms with Crippen molar-refractivity contribution in [1.82, 2.24) is 0 Å². The van der Waals surface area contributed by atoms with Gasteiger partial charge in [-0.05, 0) is 38.0 Å². The van der Waals surface area contributed by atoms with E-state index < -0.39 is 0 Å². The van der Waals surface area contributed by atoms with Gasteiger partial charge in [0.05, 0.1) is 0 Å². The summed E-state index contributed by atoms with van der Waals surface area (Å²) in [5.74, 6) is 1.07. The molecule has 1 fully saturated rings. The van der Waals surface area contributed by atoms with Crippen LogP contribution in [0.1, 0.15) is 13.3 Å². The summed E-state index contributed by atoms with van der Waals surface area (Å²) in [6, 6.07) is 0. The fourth-order valence-electron chi connectivity index (χ4n) is 0.421. The van der Waals surface area contributed by atoms with Crippen LogP contribution in [0.15, 0.2) is 0 Å². The van der Waals surface area contributed by atoms with Crippen molar-refractivity contribution in [3.8, 4) is 0 Å². The van der Waals surface area contributed by atoms with Crippen molar-refractivity contribution in [2.24, 2.45) is 0 Å². The fourth-order valence-corrected chi connectivity index (χ4v) is 0.421. The van der Waals surface area contributed by atoms with E-state index in [1.54, 1.807) is 0 Å². The van der Waals surface area contributed by atoms with Crippen molar-refractivity contribution >= 4 is 0 Å². The van der Waals surface area contributed by atoms with Gasteiger partial charge in [0.15, 0.2) is 0 Å². The lowest BCUT2D eigenvalue weighted by atomic mass is 10.1. The van der Waals surface area contributed by atoms with E-state index >= 15 is 0 Å². The van der Waals surface area contributed by atoms with Crippen molar-refractivity contribution in [3.05, 3.63) is 31.6 Å². The lowest BCUT2D eigenvalue weighted by Gasteiger charge is -1.96. The Hall–Kier alpha value is 0. The molecule has 0 unspecified atom stereocenters. The maximum atomic E-state index is 2.85. The van der Waals surface area contributed by atoms with Crippen LogP contribution in [0.4, 0.5) is 0 Å². The third-order valence-electron chi connectivity index (χ3n) is 0.843. The van der Waals surface area contributed by atoms with Crippen LogP contribution in [0.3, 0.4) is 0 Å². The molecule has 0 aliphatic heterocycles. The average Bonchev–Trinajstić information content (AvgIpc) is 2.14. The Morgan fingerprint density at radius 1 is 1.29 bits per heavy atom. The van der Waals surface area contributed by atoms with Crippen LogP contribution in [0.2, 0.25) is 0 Å². The molecule has 0 nitrogen and oxygen atoms in total. The second-order valence-corrected chi connectivity index (χ2v) is 1.33.